The maximum absolute atomic E-state index is 12.7. The summed E-state index contributed by atoms with van der Waals surface area (Å²) >= 11 is 1.07. The number of fused-ring (bicyclic) bond motifs is 1. The lowest BCUT2D eigenvalue weighted by Crippen LogP contribution is -2.46. The SMILES string of the molecule is CCCCCC/C=C\C=C\CC(=O)SCCNC(=O)CCNC(=O)[C@H](O)C(C)(C)COP(=O)(O)OP(=O)(O)OC[C@H]1O[C@@H](n2cnc3c(N)ncnc32)[C@H](O)[C@@H]1OP(=O)(O)O. The number of hydrogen-bond acceptors (Lipinski definition) is 18. The number of ether oxygens (including phenoxy) is 1. The number of hydrogen-bond donors (Lipinski definition) is 9. The van der Waals surface area contributed by atoms with Gasteiger partial charge < -0.3 is 50.9 Å². The van der Waals surface area contributed by atoms with E-state index in [1.54, 1.807) is 6.08 Å². The number of aliphatic hydroxyl groups is 2. The van der Waals surface area contributed by atoms with Crippen molar-refractivity contribution in [2.24, 2.45) is 5.41 Å². The Labute approximate surface area is 355 Å². The molecule has 0 radical (unpaired) electrons. The first-order valence-corrected chi connectivity index (χ1v) is 24.4. The summed E-state index contributed by atoms with van der Waals surface area (Å²) in [5, 5.41) is 26.4. The Morgan fingerprint density at radius 3 is 2.43 bits per heavy atom. The van der Waals surface area contributed by atoms with Crippen molar-refractivity contribution in [3.63, 3.8) is 0 Å². The summed E-state index contributed by atoms with van der Waals surface area (Å²) in [5.74, 6) is -1.11. The molecule has 2 aromatic rings. The molecule has 28 heteroatoms. The number of thioether (sulfide) groups is 1. The molecule has 1 saturated heterocycles. The Morgan fingerprint density at radius 2 is 1.72 bits per heavy atom. The summed E-state index contributed by atoms with van der Waals surface area (Å²) in [4.78, 5) is 87.9. The summed E-state index contributed by atoms with van der Waals surface area (Å²) in [5.41, 5.74) is 4.27. The molecule has 344 valence electrons. The average Bonchev–Trinajstić information content (AvgIpc) is 3.73. The van der Waals surface area contributed by atoms with Crippen LogP contribution < -0.4 is 16.4 Å². The lowest BCUT2D eigenvalue weighted by atomic mass is 9.87. The van der Waals surface area contributed by atoms with Crippen LogP contribution in [0.4, 0.5) is 5.82 Å². The fourth-order valence-electron chi connectivity index (χ4n) is 5.46. The van der Waals surface area contributed by atoms with E-state index in [1.165, 1.54) is 33.1 Å². The van der Waals surface area contributed by atoms with Crippen LogP contribution in [0.1, 0.15) is 71.9 Å². The second kappa shape index (κ2) is 24.2. The van der Waals surface area contributed by atoms with Gasteiger partial charge in [0.15, 0.2) is 22.8 Å². The molecule has 1 aliphatic heterocycles. The molecule has 24 nitrogen and oxygen atoms in total. The fraction of sp³-hybridized carbons (Fsp3) is 0.636. The number of nitrogens with two attached hydrogens (primary N) is 1. The van der Waals surface area contributed by atoms with Crippen molar-refractivity contribution in [3.05, 3.63) is 37.0 Å². The third kappa shape index (κ3) is 18.0. The minimum absolute atomic E-state index is 0.0306. The van der Waals surface area contributed by atoms with E-state index in [0.29, 0.717) is 5.75 Å². The van der Waals surface area contributed by atoms with Gasteiger partial charge in [0.25, 0.3) is 0 Å². The first-order valence-electron chi connectivity index (χ1n) is 18.9. The van der Waals surface area contributed by atoms with E-state index in [9.17, 15) is 57.9 Å². The van der Waals surface area contributed by atoms with Crippen molar-refractivity contribution in [1.82, 2.24) is 30.2 Å². The number of amides is 2. The van der Waals surface area contributed by atoms with E-state index in [4.69, 9.17) is 19.5 Å². The van der Waals surface area contributed by atoms with E-state index >= 15 is 0 Å². The Hall–Kier alpha value is -2.96. The first-order chi connectivity index (χ1) is 28.6. The predicted octanol–water partition coefficient (Wildman–Crippen LogP) is 2.14. The number of unbranched alkanes of at least 4 members (excludes halogenated alkanes) is 4. The molecule has 7 atom stereocenters. The van der Waals surface area contributed by atoms with Crippen LogP contribution in [0.2, 0.25) is 0 Å². The monoisotopic (exact) mass is 945 g/mol. The van der Waals surface area contributed by atoms with Gasteiger partial charge in [-0.05, 0) is 12.8 Å². The molecule has 1 aliphatic rings. The largest absolute Gasteiger partial charge is 0.481 e. The number of phosphoric ester groups is 3. The first kappa shape index (κ1) is 52.4. The number of carbonyl (C=O) groups is 3. The molecule has 10 N–H and O–H groups in total. The molecule has 3 heterocycles. The standard InChI is InChI=1S/C33H54N7O17P3S/c1-4-5-6-7-8-9-10-11-12-13-24(42)61-17-16-35-23(41)14-15-36-31(45)28(44)33(2,3)19-54-60(51,52)57-59(49,50)53-18-22-27(56-58(46,47)48)26(43)32(55-22)40-21-39-25-29(34)37-20-38-30(25)40/h9-12,20-22,26-28,32,43-44H,4-8,13-19H2,1-3H3,(H,35,41)(H,36,45)(H,49,50)(H,51,52)(H2,34,37,38)(H2,46,47,48)/b10-9-,12-11+/t22-,26-,27-,28+,32-/m1/s1. The van der Waals surface area contributed by atoms with Gasteiger partial charge >= 0.3 is 23.5 Å². The molecule has 2 amide bonds. The number of carbonyl (C=O) groups excluding carboxylic acids is 3. The maximum atomic E-state index is 12.7. The van der Waals surface area contributed by atoms with Crippen LogP contribution in [0.25, 0.3) is 11.2 Å². The number of aromatic nitrogens is 4. The van der Waals surface area contributed by atoms with Crippen LogP contribution in [-0.2, 0) is 50.7 Å². The van der Waals surface area contributed by atoms with Crippen LogP contribution in [0.5, 0.6) is 0 Å². The predicted molar refractivity (Wildman–Crippen MR) is 219 cm³/mol. The third-order valence-electron chi connectivity index (χ3n) is 8.66. The van der Waals surface area contributed by atoms with Crippen LogP contribution >= 0.6 is 35.2 Å². The highest BCUT2D eigenvalue weighted by Gasteiger charge is 2.50. The molecular formula is C33H54N7O17P3S. The quantitative estimate of drug-likeness (QED) is 0.0352. The minimum Gasteiger partial charge on any atom is -0.386 e. The number of nitrogens with one attached hydrogen (secondary N) is 2. The second-order valence-electron chi connectivity index (χ2n) is 14.2. The molecule has 2 unspecified atom stereocenters. The number of imidazole rings is 1. The van der Waals surface area contributed by atoms with Crippen LogP contribution in [0.3, 0.4) is 0 Å². The van der Waals surface area contributed by atoms with Crippen LogP contribution in [-0.4, -0.2) is 123 Å². The number of anilines is 1. The smallest absolute Gasteiger partial charge is 0.386 e. The van der Waals surface area contributed by atoms with Gasteiger partial charge in [0, 0.05) is 37.1 Å². The number of nitrogens with zero attached hydrogens (tertiary/aromatic N) is 4. The zero-order valence-corrected chi connectivity index (χ0v) is 37.1. The van der Waals surface area contributed by atoms with Gasteiger partial charge in [-0.15, -0.1) is 0 Å². The van der Waals surface area contributed by atoms with E-state index in [1.807, 2.05) is 12.2 Å². The Bertz CT molecular complexity index is 1980. The van der Waals surface area contributed by atoms with Gasteiger partial charge in [-0.2, -0.15) is 4.31 Å². The second-order valence-corrected chi connectivity index (χ2v) is 19.6. The van der Waals surface area contributed by atoms with Crippen molar-refractivity contribution >= 4 is 69.1 Å². The Balaban J connectivity index is 1.41. The van der Waals surface area contributed by atoms with E-state index in [-0.39, 0.29) is 48.0 Å². The molecule has 3 rings (SSSR count). The number of phosphoric acid groups is 3. The fourth-order valence-corrected chi connectivity index (χ4v) is 8.94. The van der Waals surface area contributed by atoms with Gasteiger partial charge in [-0.1, -0.05) is 76.1 Å². The molecule has 1 fully saturated rings. The summed E-state index contributed by atoms with van der Waals surface area (Å²) in [6, 6.07) is 0. The highest BCUT2D eigenvalue weighted by atomic mass is 32.2. The zero-order valence-electron chi connectivity index (χ0n) is 33.6. The van der Waals surface area contributed by atoms with Crippen molar-refractivity contribution in [2.75, 3.05) is 37.8 Å². The van der Waals surface area contributed by atoms with E-state index in [0.717, 1.165) is 41.8 Å². The molecule has 0 aliphatic carbocycles. The number of aliphatic hydroxyl groups excluding tert-OH is 2. The molecule has 0 aromatic carbocycles. The Morgan fingerprint density at radius 1 is 1.02 bits per heavy atom. The van der Waals surface area contributed by atoms with Crippen LogP contribution in [0, 0.1) is 5.41 Å². The summed E-state index contributed by atoms with van der Waals surface area (Å²) in [6.45, 7) is 2.65. The Kier molecular flexibility index (Phi) is 20.8. The normalized spacial score (nSPS) is 21.1. The maximum Gasteiger partial charge on any atom is 0.481 e. The zero-order chi connectivity index (χ0) is 45.4. The summed E-state index contributed by atoms with van der Waals surface area (Å²) in [6.07, 6.45) is 6.66. The van der Waals surface area contributed by atoms with E-state index < -0.39 is 84.6 Å². The topological polar surface area (TPSA) is 364 Å². The van der Waals surface area contributed by atoms with Gasteiger partial charge in [0.05, 0.1) is 19.5 Å². The van der Waals surface area contributed by atoms with Gasteiger partial charge in [-0.3, -0.25) is 32.5 Å². The molecule has 0 saturated carbocycles. The highest BCUT2D eigenvalue weighted by molar-refractivity contribution is 8.13. The third-order valence-corrected chi connectivity index (χ3v) is 12.7. The highest BCUT2D eigenvalue weighted by Crippen LogP contribution is 2.61. The average molecular weight is 946 g/mol. The summed E-state index contributed by atoms with van der Waals surface area (Å²) < 4.78 is 62.2. The molecular weight excluding hydrogens is 891 g/mol. The molecule has 0 spiro atoms. The molecule has 2 aromatic heterocycles. The van der Waals surface area contributed by atoms with Crippen molar-refractivity contribution < 1.29 is 80.5 Å². The lowest BCUT2D eigenvalue weighted by Gasteiger charge is -2.30. The minimum atomic E-state index is -5.57. The lowest BCUT2D eigenvalue weighted by molar-refractivity contribution is -0.137. The summed E-state index contributed by atoms with van der Waals surface area (Å²) in [7, 11) is -16.4. The van der Waals surface area contributed by atoms with Crippen LogP contribution in [0.15, 0.2) is 37.0 Å². The van der Waals surface area contributed by atoms with Gasteiger partial charge in [0.1, 0.15) is 36.3 Å². The van der Waals surface area contributed by atoms with E-state index in [2.05, 4.69) is 47.4 Å². The van der Waals surface area contributed by atoms with Gasteiger partial charge in [0.2, 0.25) is 11.8 Å². The van der Waals surface area contributed by atoms with Crippen molar-refractivity contribution in [2.45, 2.75) is 96.4 Å². The van der Waals surface area contributed by atoms with Gasteiger partial charge in [-0.25, -0.2) is 28.6 Å². The number of nitrogen functional groups attached to an aromatic ring is 1. The number of rotatable bonds is 27. The molecule has 0 bridgehead atoms. The van der Waals surface area contributed by atoms with Crippen molar-refractivity contribution in [1.29, 1.82) is 0 Å². The number of allylic oxidation sites excluding steroid dienone is 4. The molecule has 61 heavy (non-hydrogen) atoms. The van der Waals surface area contributed by atoms with Crippen molar-refractivity contribution in [3.8, 4) is 0 Å².